The second-order valence-electron chi connectivity index (χ2n) is 8.95. The Bertz CT molecular complexity index is 559. The van der Waals surface area contributed by atoms with Crippen LogP contribution in [0.1, 0.15) is 72.1 Å². The van der Waals surface area contributed by atoms with Crippen LogP contribution >= 0.6 is 0 Å². The summed E-state index contributed by atoms with van der Waals surface area (Å²) in [6.45, 7) is 7.53. The summed E-state index contributed by atoms with van der Waals surface area (Å²) in [5, 5.41) is 12.6. The fourth-order valence-corrected chi connectivity index (χ4v) is 4.15. The van der Waals surface area contributed by atoms with Crippen molar-refractivity contribution in [2.45, 2.75) is 83.7 Å². The lowest BCUT2D eigenvalue weighted by Crippen LogP contribution is -2.56. The van der Waals surface area contributed by atoms with Gasteiger partial charge in [-0.2, -0.15) is 5.26 Å². The second kappa shape index (κ2) is 8.39. The number of primary amides is 1. The third-order valence-electron chi connectivity index (χ3n) is 6.31. The van der Waals surface area contributed by atoms with Crippen LogP contribution in [0.3, 0.4) is 0 Å². The van der Waals surface area contributed by atoms with Crippen LogP contribution in [0, 0.1) is 22.7 Å². The zero-order valence-corrected chi connectivity index (χ0v) is 16.5. The first-order valence-corrected chi connectivity index (χ1v) is 9.94. The number of nitriles is 1. The Morgan fingerprint density at radius 2 is 1.96 bits per heavy atom. The Hall–Kier alpha value is -1.61. The molecule has 3 N–H and O–H groups in total. The first-order valence-electron chi connectivity index (χ1n) is 9.94. The Morgan fingerprint density at radius 3 is 2.50 bits per heavy atom. The molecule has 2 rings (SSSR count). The summed E-state index contributed by atoms with van der Waals surface area (Å²) in [6, 6.07) is 2.98. The molecule has 6 nitrogen and oxygen atoms in total. The van der Waals surface area contributed by atoms with Crippen LogP contribution in [-0.2, 0) is 9.59 Å². The van der Waals surface area contributed by atoms with Crippen LogP contribution in [0.15, 0.2) is 0 Å². The van der Waals surface area contributed by atoms with Crippen molar-refractivity contribution in [2.24, 2.45) is 17.1 Å². The van der Waals surface area contributed by atoms with Gasteiger partial charge in [-0.15, -0.1) is 0 Å². The zero-order chi connectivity index (χ0) is 19.4. The largest absolute Gasteiger partial charge is 0.369 e. The van der Waals surface area contributed by atoms with Gasteiger partial charge in [0.2, 0.25) is 11.8 Å². The monoisotopic (exact) mass is 362 g/mol. The number of amides is 2. The Kier molecular flexibility index (Phi) is 6.68. The lowest BCUT2D eigenvalue weighted by atomic mass is 9.82. The van der Waals surface area contributed by atoms with Gasteiger partial charge in [-0.1, -0.05) is 33.6 Å². The van der Waals surface area contributed by atoms with E-state index in [1.807, 2.05) is 0 Å². The number of nitrogens with two attached hydrogens (primary N) is 1. The molecule has 0 aromatic carbocycles. The smallest absolute Gasteiger partial charge is 0.223 e. The molecule has 2 aliphatic rings. The van der Waals surface area contributed by atoms with Gasteiger partial charge in [0.1, 0.15) is 5.54 Å². The third kappa shape index (κ3) is 5.20. The molecule has 2 fully saturated rings. The molecule has 1 saturated heterocycles. The van der Waals surface area contributed by atoms with E-state index >= 15 is 0 Å². The van der Waals surface area contributed by atoms with Crippen molar-refractivity contribution in [3.8, 4) is 6.07 Å². The fraction of sp³-hybridized carbons (Fsp3) is 0.850. The van der Waals surface area contributed by atoms with Crippen molar-refractivity contribution < 1.29 is 9.59 Å². The van der Waals surface area contributed by atoms with Crippen LogP contribution in [0.4, 0.5) is 0 Å². The van der Waals surface area contributed by atoms with E-state index < -0.39 is 16.9 Å². The molecule has 0 aromatic heterocycles. The van der Waals surface area contributed by atoms with Crippen molar-refractivity contribution in [3.63, 3.8) is 0 Å². The molecule has 2 atom stereocenters. The Labute approximate surface area is 157 Å². The van der Waals surface area contributed by atoms with Crippen molar-refractivity contribution in [2.75, 3.05) is 13.1 Å². The normalized spacial score (nSPS) is 26.7. The molecule has 0 spiro atoms. The number of carbonyl (C=O) groups excluding carboxylic acids is 2. The van der Waals surface area contributed by atoms with Crippen LogP contribution in [0.5, 0.6) is 0 Å². The molecular formula is C20H34N4O2. The molecular weight excluding hydrogens is 328 g/mol. The minimum Gasteiger partial charge on any atom is -0.369 e. The highest BCUT2D eigenvalue weighted by molar-refractivity contribution is 5.82. The zero-order valence-electron chi connectivity index (χ0n) is 16.5. The summed E-state index contributed by atoms with van der Waals surface area (Å²) < 4.78 is 0. The standard InChI is InChI=1S/C20H34N4O2/c1-15-5-4-6-16(13-15)24-11-9-20(14-21,10-12-24)23-17(25)7-8-19(2,3)18(22)26/h15-16H,4-13H2,1-3H3,(H2,22,26)(H,23,25). The predicted octanol–water partition coefficient (Wildman–Crippen LogP) is 2.33. The molecule has 2 unspecified atom stereocenters. The molecule has 26 heavy (non-hydrogen) atoms. The minimum atomic E-state index is -0.773. The van der Waals surface area contributed by atoms with E-state index in [2.05, 4.69) is 23.2 Å². The van der Waals surface area contributed by atoms with Gasteiger partial charge in [0.15, 0.2) is 0 Å². The average molecular weight is 363 g/mol. The molecule has 0 bridgehead atoms. The first kappa shape index (κ1) is 20.7. The van der Waals surface area contributed by atoms with Gasteiger partial charge in [-0.25, -0.2) is 0 Å². The first-order chi connectivity index (χ1) is 12.2. The van der Waals surface area contributed by atoms with Gasteiger partial charge in [0.25, 0.3) is 0 Å². The van der Waals surface area contributed by atoms with E-state index in [9.17, 15) is 14.9 Å². The van der Waals surface area contributed by atoms with Crippen LogP contribution < -0.4 is 11.1 Å². The van der Waals surface area contributed by atoms with Gasteiger partial charge in [0.05, 0.1) is 6.07 Å². The van der Waals surface area contributed by atoms with Crippen molar-refractivity contribution in [1.82, 2.24) is 10.2 Å². The summed E-state index contributed by atoms with van der Waals surface area (Å²) >= 11 is 0. The summed E-state index contributed by atoms with van der Waals surface area (Å²) in [6.07, 6.45) is 7.04. The minimum absolute atomic E-state index is 0.166. The van der Waals surface area contributed by atoms with E-state index in [1.165, 1.54) is 25.7 Å². The summed E-state index contributed by atoms with van der Waals surface area (Å²) in [5.74, 6) is 0.209. The van der Waals surface area contributed by atoms with Gasteiger partial charge >= 0.3 is 0 Å². The second-order valence-corrected chi connectivity index (χ2v) is 8.95. The molecule has 0 aromatic rings. The predicted molar refractivity (Wildman–Crippen MR) is 101 cm³/mol. The van der Waals surface area contributed by atoms with Gasteiger partial charge < -0.3 is 16.0 Å². The van der Waals surface area contributed by atoms with Crippen molar-refractivity contribution in [3.05, 3.63) is 0 Å². The number of likely N-dealkylation sites (tertiary alicyclic amines) is 1. The molecule has 1 aliphatic carbocycles. The highest BCUT2D eigenvalue weighted by Gasteiger charge is 2.38. The maximum Gasteiger partial charge on any atom is 0.223 e. The number of nitrogens with zero attached hydrogens (tertiary/aromatic N) is 2. The van der Waals surface area contributed by atoms with Gasteiger partial charge in [-0.3, -0.25) is 9.59 Å². The summed E-state index contributed by atoms with van der Waals surface area (Å²) in [5.41, 5.74) is 3.88. The van der Waals surface area contributed by atoms with Crippen LogP contribution in [0.25, 0.3) is 0 Å². The third-order valence-corrected chi connectivity index (χ3v) is 6.31. The van der Waals surface area contributed by atoms with E-state index in [-0.39, 0.29) is 12.3 Å². The highest BCUT2D eigenvalue weighted by atomic mass is 16.2. The SMILES string of the molecule is CC1CCCC(N2CCC(C#N)(NC(=O)CCC(C)(C)C(N)=O)CC2)C1. The summed E-state index contributed by atoms with van der Waals surface area (Å²) in [7, 11) is 0. The van der Waals surface area contributed by atoms with E-state index in [0.29, 0.717) is 25.3 Å². The number of hydrogen-bond acceptors (Lipinski definition) is 4. The molecule has 1 heterocycles. The maximum absolute atomic E-state index is 12.3. The Morgan fingerprint density at radius 1 is 1.31 bits per heavy atom. The van der Waals surface area contributed by atoms with Crippen LogP contribution in [0.2, 0.25) is 0 Å². The molecule has 146 valence electrons. The summed E-state index contributed by atoms with van der Waals surface area (Å²) in [4.78, 5) is 26.2. The number of rotatable bonds is 6. The van der Waals surface area contributed by atoms with E-state index in [1.54, 1.807) is 13.8 Å². The number of nitrogens with one attached hydrogen (secondary N) is 1. The van der Waals surface area contributed by atoms with E-state index in [4.69, 9.17) is 5.73 Å². The molecule has 1 aliphatic heterocycles. The van der Waals surface area contributed by atoms with Gasteiger partial charge in [0, 0.05) is 31.0 Å². The molecule has 2 amide bonds. The number of piperidine rings is 1. The lowest BCUT2D eigenvalue weighted by Gasteiger charge is -2.43. The quantitative estimate of drug-likeness (QED) is 0.757. The van der Waals surface area contributed by atoms with Crippen LogP contribution in [-0.4, -0.2) is 41.4 Å². The highest BCUT2D eigenvalue weighted by Crippen LogP contribution is 2.31. The van der Waals surface area contributed by atoms with Crippen molar-refractivity contribution >= 4 is 11.8 Å². The lowest BCUT2D eigenvalue weighted by molar-refractivity contribution is -0.127. The molecule has 1 saturated carbocycles. The van der Waals surface area contributed by atoms with E-state index in [0.717, 1.165) is 19.0 Å². The number of carbonyl (C=O) groups is 2. The average Bonchev–Trinajstić information content (AvgIpc) is 2.60. The topological polar surface area (TPSA) is 99.2 Å². The molecule has 6 heteroatoms. The van der Waals surface area contributed by atoms with Gasteiger partial charge in [-0.05, 0) is 38.0 Å². The Balaban J connectivity index is 1.85. The number of hydrogen-bond donors (Lipinski definition) is 2. The molecule has 0 radical (unpaired) electrons. The fourth-order valence-electron chi connectivity index (χ4n) is 4.15. The van der Waals surface area contributed by atoms with Crippen molar-refractivity contribution in [1.29, 1.82) is 5.26 Å². The maximum atomic E-state index is 12.3.